The summed E-state index contributed by atoms with van der Waals surface area (Å²) < 4.78 is 5.36. The standard InChI is InChI=1S/C16H32N4O/c1-5-20(6-2)12-10-15-18-16(21-19-15)8-7-14(9-11-17)13(3)4/h13-14H,5-12,17H2,1-4H3. The van der Waals surface area contributed by atoms with E-state index in [1.807, 2.05) is 0 Å². The van der Waals surface area contributed by atoms with Crippen LogP contribution in [0.15, 0.2) is 4.52 Å². The fraction of sp³-hybridized carbons (Fsp3) is 0.875. The lowest BCUT2D eigenvalue weighted by Crippen LogP contribution is -2.25. The van der Waals surface area contributed by atoms with E-state index in [-0.39, 0.29) is 0 Å². The number of hydrogen-bond acceptors (Lipinski definition) is 5. The van der Waals surface area contributed by atoms with Gasteiger partial charge in [-0.1, -0.05) is 32.9 Å². The van der Waals surface area contributed by atoms with Crippen LogP contribution in [0.3, 0.4) is 0 Å². The lowest BCUT2D eigenvalue weighted by molar-refractivity contribution is 0.300. The van der Waals surface area contributed by atoms with Crippen LogP contribution in [-0.4, -0.2) is 41.2 Å². The van der Waals surface area contributed by atoms with Crippen molar-refractivity contribution in [1.82, 2.24) is 15.0 Å². The van der Waals surface area contributed by atoms with Crippen molar-refractivity contribution in [2.24, 2.45) is 17.6 Å². The highest BCUT2D eigenvalue weighted by Crippen LogP contribution is 2.20. The maximum absolute atomic E-state index is 5.68. The Kier molecular flexibility index (Phi) is 8.54. The molecule has 1 aromatic rings. The van der Waals surface area contributed by atoms with Crippen LogP contribution in [0.4, 0.5) is 0 Å². The third kappa shape index (κ3) is 6.57. The Balaban J connectivity index is 2.40. The highest BCUT2D eigenvalue weighted by Gasteiger charge is 2.15. The Morgan fingerprint density at radius 2 is 1.86 bits per heavy atom. The van der Waals surface area contributed by atoms with Crippen molar-refractivity contribution in [2.75, 3.05) is 26.2 Å². The third-order valence-corrected chi connectivity index (χ3v) is 4.27. The summed E-state index contributed by atoms with van der Waals surface area (Å²) in [6.07, 6.45) is 3.87. The van der Waals surface area contributed by atoms with Gasteiger partial charge in [-0.2, -0.15) is 4.98 Å². The van der Waals surface area contributed by atoms with Crippen molar-refractivity contribution in [3.8, 4) is 0 Å². The molecule has 0 spiro atoms. The molecule has 1 aromatic heterocycles. The number of likely N-dealkylation sites (N-methyl/N-ethyl adjacent to an activating group) is 1. The van der Waals surface area contributed by atoms with Crippen LogP contribution in [0.25, 0.3) is 0 Å². The molecule has 0 aliphatic rings. The van der Waals surface area contributed by atoms with Gasteiger partial charge in [-0.3, -0.25) is 0 Å². The maximum atomic E-state index is 5.68. The molecule has 0 aliphatic carbocycles. The number of aryl methyl sites for hydroxylation is 1. The molecule has 1 atom stereocenters. The van der Waals surface area contributed by atoms with Crippen LogP contribution in [0.1, 0.15) is 52.3 Å². The largest absolute Gasteiger partial charge is 0.339 e. The van der Waals surface area contributed by atoms with Gasteiger partial charge in [-0.05, 0) is 44.3 Å². The lowest BCUT2D eigenvalue weighted by atomic mass is 9.88. The van der Waals surface area contributed by atoms with Crippen LogP contribution >= 0.6 is 0 Å². The Labute approximate surface area is 129 Å². The van der Waals surface area contributed by atoms with Crippen LogP contribution in [0.5, 0.6) is 0 Å². The molecular formula is C16H32N4O. The van der Waals surface area contributed by atoms with Gasteiger partial charge >= 0.3 is 0 Å². The zero-order chi connectivity index (χ0) is 15.7. The van der Waals surface area contributed by atoms with Gasteiger partial charge in [0.1, 0.15) is 0 Å². The molecule has 0 amide bonds. The lowest BCUT2D eigenvalue weighted by Gasteiger charge is -2.18. The van der Waals surface area contributed by atoms with Crippen molar-refractivity contribution >= 4 is 0 Å². The maximum Gasteiger partial charge on any atom is 0.226 e. The predicted octanol–water partition coefficient (Wildman–Crippen LogP) is 2.51. The van der Waals surface area contributed by atoms with Crippen LogP contribution in [0.2, 0.25) is 0 Å². The van der Waals surface area contributed by atoms with Crippen molar-refractivity contribution < 1.29 is 4.52 Å². The van der Waals surface area contributed by atoms with Crippen molar-refractivity contribution in [2.45, 2.75) is 53.4 Å². The number of aromatic nitrogens is 2. The van der Waals surface area contributed by atoms with Crippen LogP contribution in [-0.2, 0) is 12.8 Å². The molecule has 1 unspecified atom stereocenters. The summed E-state index contributed by atoms with van der Waals surface area (Å²) in [6, 6.07) is 0. The Bertz CT molecular complexity index is 374. The molecule has 0 saturated heterocycles. The molecule has 0 aromatic carbocycles. The summed E-state index contributed by atoms with van der Waals surface area (Å²) in [5.41, 5.74) is 5.68. The number of rotatable bonds is 11. The second-order valence-corrected chi connectivity index (χ2v) is 6.00. The minimum absolute atomic E-state index is 0.640. The smallest absolute Gasteiger partial charge is 0.226 e. The molecular weight excluding hydrogens is 264 g/mol. The number of hydrogen-bond donors (Lipinski definition) is 1. The zero-order valence-electron chi connectivity index (χ0n) is 14.1. The Morgan fingerprint density at radius 3 is 2.43 bits per heavy atom. The zero-order valence-corrected chi connectivity index (χ0v) is 14.1. The van der Waals surface area contributed by atoms with E-state index in [0.29, 0.717) is 11.8 Å². The molecule has 0 aliphatic heterocycles. The first-order chi connectivity index (χ1) is 10.1. The Hall–Kier alpha value is -0.940. The van der Waals surface area contributed by atoms with Gasteiger partial charge in [0.25, 0.3) is 0 Å². The SMILES string of the molecule is CCN(CC)CCc1noc(CCC(CCN)C(C)C)n1. The van der Waals surface area contributed by atoms with E-state index >= 15 is 0 Å². The van der Waals surface area contributed by atoms with Gasteiger partial charge in [0.15, 0.2) is 5.82 Å². The van der Waals surface area contributed by atoms with Crippen molar-refractivity contribution in [3.05, 3.63) is 11.7 Å². The van der Waals surface area contributed by atoms with Crippen LogP contribution in [0, 0.1) is 11.8 Å². The number of nitrogens with two attached hydrogens (primary N) is 1. The van der Waals surface area contributed by atoms with E-state index in [2.05, 4.69) is 42.7 Å². The molecule has 122 valence electrons. The van der Waals surface area contributed by atoms with E-state index in [9.17, 15) is 0 Å². The van der Waals surface area contributed by atoms with E-state index < -0.39 is 0 Å². The quantitative estimate of drug-likeness (QED) is 0.679. The summed E-state index contributed by atoms with van der Waals surface area (Å²) in [5, 5.41) is 4.09. The first-order valence-corrected chi connectivity index (χ1v) is 8.34. The molecule has 1 heterocycles. The summed E-state index contributed by atoms with van der Waals surface area (Å²) in [6.45, 7) is 12.7. The summed E-state index contributed by atoms with van der Waals surface area (Å²) in [5.74, 6) is 2.89. The summed E-state index contributed by atoms with van der Waals surface area (Å²) in [4.78, 5) is 6.87. The Morgan fingerprint density at radius 1 is 1.14 bits per heavy atom. The van der Waals surface area contributed by atoms with E-state index in [1.54, 1.807) is 0 Å². The molecule has 0 saturated carbocycles. The molecule has 5 heteroatoms. The monoisotopic (exact) mass is 296 g/mol. The topological polar surface area (TPSA) is 68.2 Å². The van der Waals surface area contributed by atoms with E-state index in [1.165, 1.54) is 0 Å². The van der Waals surface area contributed by atoms with E-state index in [4.69, 9.17) is 10.3 Å². The van der Waals surface area contributed by atoms with E-state index in [0.717, 1.165) is 63.6 Å². The molecule has 5 nitrogen and oxygen atoms in total. The van der Waals surface area contributed by atoms with Gasteiger partial charge in [0.05, 0.1) is 0 Å². The van der Waals surface area contributed by atoms with Crippen molar-refractivity contribution in [3.63, 3.8) is 0 Å². The van der Waals surface area contributed by atoms with Gasteiger partial charge in [0, 0.05) is 19.4 Å². The fourth-order valence-corrected chi connectivity index (χ4v) is 2.63. The fourth-order valence-electron chi connectivity index (χ4n) is 2.63. The minimum atomic E-state index is 0.640. The molecule has 0 bridgehead atoms. The second kappa shape index (κ2) is 9.90. The molecule has 2 N–H and O–H groups in total. The summed E-state index contributed by atoms with van der Waals surface area (Å²) in [7, 11) is 0. The predicted molar refractivity (Wildman–Crippen MR) is 86.1 cm³/mol. The van der Waals surface area contributed by atoms with Gasteiger partial charge in [-0.15, -0.1) is 0 Å². The first-order valence-electron chi connectivity index (χ1n) is 8.34. The van der Waals surface area contributed by atoms with Crippen LogP contribution < -0.4 is 5.73 Å². The average Bonchev–Trinajstić information content (AvgIpc) is 2.92. The highest BCUT2D eigenvalue weighted by molar-refractivity contribution is 4.88. The average molecular weight is 296 g/mol. The second-order valence-electron chi connectivity index (χ2n) is 6.00. The minimum Gasteiger partial charge on any atom is -0.339 e. The van der Waals surface area contributed by atoms with Crippen molar-refractivity contribution in [1.29, 1.82) is 0 Å². The number of nitrogens with zero attached hydrogens (tertiary/aromatic N) is 3. The van der Waals surface area contributed by atoms with Gasteiger partial charge in [0.2, 0.25) is 5.89 Å². The normalized spacial score (nSPS) is 13.3. The third-order valence-electron chi connectivity index (χ3n) is 4.27. The molecule has 0 fully saturated rings. The first kappa shape index (κ1) is 18.1. The molecule has 1 rings (SSSR count). The van der Waals surface area contributed by atoms with Gasteiger partial charge in [-0.25, -0.2) is 0 Å². The summed E-state index contributed by atoms with van der Waals surface area (Å²) >= 11 is 0. The van der Waals surface area contributed by atoms with Gasteiger partial charge < -0.3 is 15.2 Å². The molecule has 21 heavy (non-hydrogen) atoms. The highest BCUT2D eigenvalue weighted by atomic mass is 16.5. The molecule has 0 radical (unpaired) electrons.